The summed E-state index contributed by atoms with van der Waals surface area (Å²) in [4.78, 5) is 30.9. The molecule has 1 unspecified atom stereocenters. The van der Waals surface area contributed by atoms with Crippen LogP contribution in [0.15, 0.2) is 42.9 Å². The summed E-state index contributed by atoms with van der Waals surface area (Å²) in [5.74, 6) is -1.30. The average Bonchev–Trinajstić information content (AvgIpc) is 3.29. The lowest BCUT2D eigenvalue weighted by Crippen LogP contribution is -2.48. The van der Waals surface area contributed by atoms with Crippen molar-refractivity contribution in [3.8, 4) is 10.6 Å². The maximum atomic E-state index is 13.0. The molecule has 0 fully saturated rings. The third-order valence-corrected chi connectivity index (χ3v) is 5.50. The first kappa shape index (κ1) is 16.5. The van der Waals surface area contributed by atoms with Crippen molar-refractivity contribution in [3.05, 3.63) is 58.9 Å². The highest BCUT2D eigenvalue weighted by Crippen LogP contribution is 2.29. The Labute approximate surface area is 153 Å². The van der Waals surface area contributed by atoms with Gasteiger partial charge in [-0.05, 0) is 11.1 Å². The zero-order valence-corrected chi connectivity index (χ0v) is 14.8. The summed E-state index contributed by atoms with van der Waals surface area (Å²) in [6.45, 7) is 0.284. The number of nitrogens with zero attached hydrogens (tertiary/aromatic N) is 4. The van der Waals surface area contributed by atoms with Crippen molar-refractivity contribution in [1.82, 2.24) is 19.7 Å². The molecule has 0 radical (unpaired) electrons. The van der Waals surface area contributed by atoms with Gasteiger partial charge in [0.1, 0.15) is 15.9 Å². The zero-order chi connectivity index (χ0) is 18.3. The monoisotopic (exact) mass is 368 g/mol. The number of carbonyl (C=O) groups excluding carboxylic acids is 1. The molecule has 3 aromatic rings. The Morgan fingerprint density at radius 2 is 2.00 bits per heavy atom. The molecule has 1 aromatic carbocycles. The molecule has 4 rings (SSSR count). The van der Waals surface area contributed by atoms with Crippen molar-refractivity contribution in [1.29, 1.82) is 0 Å². The topological polar surface area (TPSA) is 88.3 Å². The van der Waals surface area contributed by atoms with E-state index in [1.807, 2.05) is 37.5 Å². The minimum Gasteiger partial charge on any atom is -0.480 e. The normalized spacial score (nSPS) is 16.3. The lowest BCUT2D eigenvalue weighted by Gasteiger charge is -2.34. The first-order valence-corrected chi connectivity index (χ1v) is 8.90. The van der Waals surface area contributed by atoms with E-state index in [0.29, 0.717) is 16.3 Å². The van der Waals surface area contributed by atoms with E-state index >= 15 is 0 Å². The Morgan fingerprint density at radius 1 is 1.23 bits per heavy atom. The number of amides is 1. The number of aryl methyl sites for hydroxylation is 1. The number of hydrogen-bond donors (Lipinski definition) is 1. The number of hydrogen-bond acceptors (Lipinski definition) is 5. The maximum Gasteiger partial charge on any atom is 0.326 e. The van der Waals surface area contributed by atoms with E-state index in [2.05, 4.69) is 10.1 Å². The standard InChI is InChI=1S/C18H16N4O3S/c1-21-9-13(7-20-21)16-19-8-15(26-16)17(23)22-10-12-5-3-2-4-11(12)6-14(22)18(24)25/h2-5,7-9,14H,6,10H2,1H3,(H,24,25). The molecule has 7 nitrogen and oxygen atoms in total. The first-order valence-electron chi connectivity index (χ1n) is 8.08. The number of fused-ring (bicyclic) bond motifs is 1. The minimum atomic E-state index is -0.996. The number of carboxylic acids is 1. The van der Waals surface area contributed by atoms with E-state index in [1.165, 1.54) is 22.4 Å². The maximum absolute atomic E-state index is 13.0. The largest absolute Gasteiger partial charge is 0.480 e. The molecular formula is C18H16N4O3S. The molecule has 2 aromatic heterocycles. The third kappa shape index (κ3) is 2.88. The van der Waals surface area contributed by atoms with Gasteiger partial charge < -0.3 is 10.0 Å². The van der Waals surface area contributed by atoms with Crippen molar-refractivity contribution < 1.29 is 14.7 Å². The van der Waals surface area contributed by atoms with Crippen LogP contribution in [0.2, 0.25) is 0 Å². The molecule has 1 aliphatic rings. The van der Waals surface area contributed by atoms with Crippen molar-refractivity contribution in [2.45, 2.75) is 19.0 Å². The summed E-state index contributed by atoms with van der Waals surface area (Å²) in [7, 11) is 1.81. The highest BCUT2D eigenvalue weighted by molar-refractivity contribution is 7.16. The van der Waals surface area contributed by atoms with Crippen LogP contribution in [0.3, 0.4) is 0 Å². The van der Waals surface area contributed by atoms with Crippen LogP contribution < -0.4 is 0 Å². The number of carboxylic acid groups (broad SMARTS) is 1. The van der Waals surface area contributed by atoms with Gasteiger partial charge in [0, 0.05) is 31.8 Å². The summed E-state index contributed by atoms with van der Waals surface area (Å²) < 4.78 is 1.67. The molecule has 8 heteroatoms. The Hall–Kier alpha value is -3.00. The van der Waals surface area contributed by atoms with Crippen LogP contribution in [0, 0.1) is 0 Å². The number of thiazole rings is 1. The van der Waals surface area contributed by atoms with E-state index < -0.39 is 12.0 Å². The highest BCUT2D eigenvalue weighted by atomic mass is 32.1. The fraction of sp³-hybridized carbons (Fsp3) is 0.222. The van der Waals surface area contributed by atoms with Crippen molar-refractivity contribution in [3.63, 3.8) is 0 Å². The van der Waals surface area contributed by atoms with Gasteiger partial charge in [-0.15, -0.1) is 11.3 Å². The van der Waals surface area contributed by atoms with Gasteiger partial charge >= 0.3 is 5.97 Å². The van der Waals surface area contributed by atoms with Crippen molar-refractivity contribution in [2.24, 2.45) is 7.05 Å². The second-order valence-corrected chi connectivity index (χ2v) is 7.22. The van der Waals surface area contributed by atoms with Crippen LogP contribution in [0.4, 0.5) is 0 Å². The summed E-state index contributed by atoms with van der Waals surface area (Å²) in [6, 6.07) is 6.76. The van der Waals surface area contributed by atoms with Crippen LogP contribution >= 0.6 is 11.3 Å². The van der Waals surface area contributed by atoms with E-state index in [-0.39, 0.29) is 12.5 Å². The van der Waals surface area contributed by atoms with Crippen molar-refractivity contribution >= 4 is 23.2 Å². The summed E-state index contributed by atoms with van der Waals surface area (Å²) in [5, 5.41) is 14.4. The van der Waals surface area contributed by atoms with Gasteiger partial charge in [-0.2, -0.15) is 5.10 Å². The SMILES string of the molecule is Cn1cc(-c2ncc(C(=O)N3Cc4ccccc4CC3C(=O)O)s2)cn1. The predicted octanol–water partition coefficient (Wildman–Crippen LogP) is 2.20. The molecule has 0 spiro atoms. The summed E-state index contributed by atoms with van der Waals surface area (Å²) in [6.07, 6.45) is 5.33. The molecule has 0 bridgehead atoms. The molecule has 3 heterocycles. The fourth-order valence-corrected chi connectivity index (χ4v) is 3.98. The molecular weight excluding hydrogens is 352 g/mol. The molecule has 26 heavy (non-hydrogen) atoms. The lowest BCUT2D eigenvalue weighted by molar-refractivity contribution is -0.142. The molecule has 1 atom stereocenters. The Kier molecular flexibility index (Phi) is 4.04. The fourth-order valence-electron chi connectivity index (χ4n) is 3.14. The Morgan fingerprint density at radius 3 is 2.69 bits per heavy atom. The van der Waals surface area contributed by atoms with E-state index in [4.69, 9.17) is 0 Å². The zero-order valence-electron chi connectivity index (χ0n) is 14.0. The van der Waals surface area contributed by atoms with Gasteiger partial charge in [0.25, 0.3) is 5.91 Å². The lowest BCUT2D eigenvalue weighted by atomic mass is 9.94. The highest BCUT2D eigenvalue weighted by Gasteiger charge is 2.35. The van der Waals surface area contributed by atoms with Gasteiger partial charge in [-0.1, -0.05) is 24.3 Å². The van der Waals surface area contributed by atoms with Gasteiger partial charge in [0.05, 0.1) is 12.4 Å². The third-order valence-electron chi connectivity index (χ3n) is 4.46. The van der Waals surface area contributed by atoms with E-state index in [0.717, 1.165) is 16.7 Å². The number of aromatic nitrogens is 3. The first-order chi connectivity index (χ1) is 12.5. The predicted molar refractivity (Wildman–Crippen MR) is 95.8 cm³/mol. The number of benzene rings is 1. The second kappa shape index (κ2) is 6.38. The number of carbonyl (C=O) groups is 2. The molecule has 0 saturated carbocycles. The van der Waals surface area contributed by atoms with E-state index in [1.54, 1.807) is 10.9 Å². The van der Waals surface area contributed by atoms with Crippen LogP contribution in [0.1, 0.15) is 20.8 Å². The van der Waals surface area contributed by atoms with Crippen LogP contribution in [-0.4, -0.2) is 42.7 Å². The molecule has 1 amide bonds. The number of aliphatic carboxylic acids is 1. The summed E-state index contributed by atoms with van der Waals surface area (Å²) >= 11 is 1.25. The smallest absolute Gasteiger partial charge is 0.326 e. The minimum absolute atomic E-state index is 0.284. The van der Waals surface area contributed by atoms with Gasteiger partial charge in [0.2, 0.25) is 0 Å². The van der Waals surface area contributed by atoms with Crippen LogP contribution in [0.25, 0.3) is 10.6 Å². The molecule has 1 N–H and O–H groups in total. The number of rotatable bonds is 3. The quantitative estimate of drug-likeness (QED) is 0.766. The van der Waals surface area contributed by atoms with Crippen molar-refractivity contribution in [2.75, 3.05) is 0 Å². The van der Waals surface area contributed by atoms with Crippen LogP contribution in [-0.2, 0) is 24.8 Å². The summed E-state index contributed by atoms with van der Waals surface area (Å²) in [5.41, 5.74) is 2.79. The molecule has 0 saturated heterocycles. The Balaban J connectivity index is 1.64. The molecule has 1 aliphatic heterocycles. The van der Waals surface area contributed by atoms with Crippen LogP contribution in [0.5, 0.6) is 0 Å². The van der Waals surface area contributed by atoms with Gasteiger partial charge in [-0.25, -0.2) is 9.78 Å². The van der Waals surface area contributed by atoms with E-state index in [9.17, 15) is 14.7 Å². The second-order valence-electron chi connectivity index (χ2n) is 6.19. The van der Waals surface area contributed by atoms with Gasteiger partial charge in [0.15, 0.2) is 0 Å². The molecule has 132 valence electrons. The van der Waals surface area contributed by atoms with Gasteiger partial charge in [-0.3, -0.25) is 9.48 Å². The average molecular weight is 368 g/mol. The molecule has 0 aliphatic carbocycles. The Bertz CT molecular complexity index is 994.